The minimum atomic E-state index is -0.241. The van der Waals surface area contributed by atoms with E-state index in [-0.39, 0.29) is 36.7 Å². The third-order valence-electron chi connectivity index (χ3n) is 3.79. The van der Waals surface area contributed by atoms with Gasteiger partial charge >= 0.3 is 0 Å². The number of halogens is 2. The van der Waals surface area contributed by atoms with Crippen molar-refractivity contribution in [2.75, 3.05) is 6.54 Å². The Labute approximate surface area is 155 Å². The van der Waals surface area contributed by atoms with Crippen molar-refractivity contribution >= 4 is 34.2 Å². The summed E-state index contributed by atoms with van der Waals surface area (Å²) in [6.07, 6.45) is 2.32. The first-order valence-electron chi connectivity index (χ1n) is 7.62. The van der Waals surface area contributed by atoms with Gasteiger partial charge in [0.15, 0.2) is 5.76 Å². The van der Waals surface area contributed by atoms with Crippen LogP contribution in [-0.2, 0) is 6.61 Å². The van der Waals surface area contributed by atoms with E-state index in [2.05, 4.69) is 21.2 Å². The van der Waals surface area contributed by atoms with Gasteiger partial charge in [-0.1, -0.05) is 22.0 Å². The Morgan fingerprint density at radius 1 is 1.38 bits per heavy atom. The van der Waals surface area contributed by atoms with E-state index in [4.69, 9.17) is 14.9 Å². The van der Waals surface area contributed by atoms with Crippen molar-refractivity contribution in [1.29, 1.82) is 0 Å². The smallest absolute Gasteiger partial charge is 0.287 e. The molecule has 0 aliphatic heterocycles. The van der Waals surface area contributed by atoms with Gasteiger partial charge < -0.3 is 20.2 Å². The second kappa shape index (κ2) is 8.55. The van der Waals surface area contributed by atoms with Crippen LogP contribution in [0.1, 0.15) is 29.2 Å². The quantitative estimate of drug-likeness (QED) is 0.725. The molecule has 1 aromatic heterocycles. The zero-order chi connectivity index (χ0) is 16.2. The molecule has 1 aliphatic rings. The fraction of sp³-hybridized carbons (Fsp3) is 0.353. The van der Waals surface area contributed by atoms with Gasteiger partial charge in [-0.15, -0.1) is 12.4 Å². The molecule has 1 aromatic carbocycles. The van der Waals surface area contributed by atoms with E-state index in [9.17, 15) is 4.79 Å². The third kappa shape index (κ3) is 5.26. The zero-order valence-electron chi connectivity index (χ0n) is 13.0. The number of ether oxygens (including phenoxy) is 1. The third-order valence-corrected chi connectivity index (χ3v) is 4.28. The zero-order valence-corrected chi connectivity index (χ0v) is 15.4. The molecule has 1 fully saturated rings. The van der Waals surface area contributed by atoms with Crippen LogP contribution in [0.25, 0.3) is 0 Å². The fourth-order valence-corrected chi connectivity index (χ4v) is 2.66. The molecule has 1 saturated carbocycles. The molecule has 0 bridgehead atoms. The predicted octanol–water partition coefficient (Wildman–Crippen LogP) is 3.51. The maximum absolute atomic E-state index is 12.0. The van der Waals surface area contributed by atoms with Crippen LogP contribution in [0, 0.1) is 5.92 Å². The largest absolute Gasteiger partial charge is 0.486 e. The molecular formula is C17H20BrClN2O3. The molecule has 1 amide bonds. The molecular weight excluding hydrogens is 396 g/mol. The Kier molecular flexibility index (Phi) is 6.71. The fourth-order valence-electron chi connectivity index (χ4n) is 2.28. The molecule has 0 spiro atoms. The summed E-state index contributed by atoms with van der Waals surface area (Å²) in [6.45, 7) is 0.749. The van der Waals surface area contributed by atoms with Crippen LogP contribution >= 0.6 is 28.3 Å². The summed E-state index contributed by atoms with van der Waals surface area (Å²) in [5.41, 5.74) is 5.97. The van der Waals surface area contributed by atoms with E-state index in [1.54, 1.807) is 12.1 Å². The van der Waals surface area contributed by atoms with Crippen molar-refractivity contribution in [3.8, 4) is 5.75 Å². The van der Waals surface area contributed by atoms with Crippen LogP contribution in [0.3, 0.4) is 0 Å². The highest BCUT2D eigenvalue weighted by Crippen LogP contribution is 2.31. The molecule has 1 aliphatic carbocycles. The summed E-state index contributed by atoms with van der Waals surface area (Å²) >= 11 is 3.39. The first kappa shape index (κ1) is 18.8. The molecule has 24 heavy (non-hydrogen) atoms. The minimum Gasteiger partial charge on any atom is -0.486 e. The number of nitrogens with two attached hydrogens (primary N) is 1. The predicted molar refractivity (Wildman–Crippen MR) is 97.5 cm³/mol. The van der Waals surface area contributed by atoms with Crippen LogP contribution in [0.4, 0.5) is 0 Å². The molecule has 3 rings (SSSR count). The highest BCUT2D eigenvalue weighted by molar-refractivity contribution is 9.10. The van der Waals surface area contributed by atoms with E-state index < -0.39 is 0 Å². The lowest BCUT2D eigenvalue weighted by Crippen LogP contribution is -2.38. The lowest BCUT2D eigenvalue weighted by Gasteiger charge is -2.10. The number of nitrogens with one attached hydrogen (secondary N) is 1. The molecule has 0 saturated heterocycles. The highest BCUT2D eigenvalue weighted by Gasteiger charge is 2.28. The molecule has 0 radical (unpaired) electrons. The molecule has 2 aromatic rings. The van der Waals surface area contributed by atoms with Crippen LogP contribution < -0.4 is 15.8 Å². The average molecular weight is 416 g/mol. The first-order valence-corrected chi connectivity index (χ1v) is 8.42. The summed E-state index contributed by atoms with van der Waals surface area (Å²) in [5.74, 6) is 1.93. The number of rotatable bonds is 7. The first-order chi connectivity index (χ1) is 11.1. The number of hydrogen-bond donors (Lipinski definition) is 2. The number of hydrogen-bond acceptors (Lipinski definition) is 4. The van der Waals surface area contributed by atoms with Gasteiger partial charge in [-0.05, 0) is 49.1 Å². The van der Waals surface area contributed by atoms with Crippen molar-refractivity contribution in [2.24, 2.45) is 11.7 Å². The van der Waals surface area contributed by atoms with Crippen molar-refractivity contribution in [3.63, 3.8) is 0 Å². The van der Waals surface area contributed by atoms with Gasteiger partial charge in [-0.25, -0.2) is 0 Å². The van der Waals surface area contributed by atoms with Crippen LogP contribution in [0.2, 0.25) is 0 Å². The number of carbonyl (C=O) groups is 1. The Hall–Kier alpha value is -1.50. The van der Waals surface area contributed by atoms with Crippen LogP contribution in [-0.4, -0.2) is 18.5 Å². The number of carbonyl (C=O) groups excluding carboxylic acids is 1. The maximum Gasteiger partial charge on any atom is 0.287 e. The maximum atomic E-state index is 12.0. The topological polar surface area (TPSA) is 77.5 Å². The molecule has 5 nitrogen and oxygen atoms in total. The summed E-state index contributed by atoms with van der Waals surface area (Å²) < 4.78 is 12.1. The van der Waals surface area contributed by atoms with Crippen molar-refractivity contribution in [3.05, 3.63) is 52.4 Å². The monoisotopic (exact) mass is 414 g/mol. The Morgan fingerprint density at radius 2 is 2.17 bits per heavy atom. The number of amides is 1. The van der Waals surface area contributed by atoms with E-state index in [0.29, 0.717) is 18.2 Å². The number of furan rings is 1. The summed E-state index contributed by atoms with van der Waals surface area (Å²) in [7, 11) is 0. The minimum absolute atomic E-state index is 0. The summed E-state index contributed by atoms with van der Waals surface area (Å²) in [4.78, 5) is 12.0. The van der Waals surface area contributed by atoms with E-state index in [1.807, 2.05) is 24.3 Å². The second-order valence-corrected chi connectivity index (χ2v) is 6.64. The van der Waals surface area contributed by atoms with Crippen molar-refractivity contribution < 1.29 is 13.9 Å². The highest BCUT2D eigenvalue weighted by atomic mass is 79.9. The van der Waals surface area contributed by atoms with Gasteiger partial charge in [0.2, 0.25) is 0 Å². The average Bonchev–Trinajstić information content (AvgIpc) is 3.29. The SMILES string of the molecule is Cl.NC(CNC(=O)c1ccc(COc2cccc(Br)c2)o1)C1CC1. The van der Waals surface area contributed by atoms with Gasteiger partial charge in [0.05, 0.1) is 0 Å². The van der Waals surface area contributed by atoms with Crippen LogP contribution in [0.15, 0.2) is 45.3 Å². The lowest BCUT2D eigenvalue weighted by atomic mass is 10.2. The Balaban J connectivity index is 0.00000208. The van der Waals surface area contributed by atoms with E-state index in [0.717, 1.165) is 23.1 Å². The lowest BCUT2D eigenvalue weighted by molar-refractivity contribution is 0.0918. The van der Waals surface area contributed by atoms with Crippen molar-refractivity contribution in [2.45, 2.75) is 25.5 Å². The number of benzene rings is 1. The van der Waals surface area contributed by atoms with E-state index in [1.165, 1.54) is 0 Å². The van der Waals surface area contributed by atoms with Crippen LogP contribution in [0.5, 0.6) is 5.75 Å². The molecule has 1 unspecified atom stereocenters. The van der Waals surface area contributed by atoms with E-state index >= 15 is 0 Å². The summed E-state index contributed by atoms with van der Waals surface area (Å²) in [6, 6.07) is 11.0. The van der Waals surface area contributed by atoms with Gasteiger partial charge in [0, 0.05) is 17.1 Å². The Morgan fingerprint density at radius 3 is 2.88 bits per heavy atom. The Bertz CT molecular complexity index is 688. The summed E-state index contributed by atoms with van der Waals surface area (Å²) in [5, 5.41) is 2.81. The molecule has 7 heteroatoms. The second-order valence-electron chi connectivity index (χ2n) is 5.72. The normalized spacial score (nSPS) is 14.6. The molecule has 1 atom stereocenters. The molecule has 3 N–H and O–H groups in total. The van der Waals surface area contributed by atoms with Crippen molar-refractivity contribution in [1.82, 2.24) is 5.32 Å². The van der Waals surface area contributed by atoms with Gasteiger partial charge in [0.1, 0.15) is 18.1 Å². The molecule has 1 heterocycles. The van der Waals surface area contributed by atoms with Gasteiger partial charge in [-0.3, -0.25) is 4.79 Å². The van der Waals surface area contributed by atoms with Gasteiger partial charge in [-0.2, -0.15) is 0 Å². The van der Waals surface area contributed by atoms with Gasteiger partial charge in [0.25, 0.3) is 5.91 Å². The standard InChI is InChI=1S/C17H19BrN2O3.ClH/c18-12-2-1-3-13(8-12)22-10-14-6-7-16(23-14)17(21)20-9-15(19)11-4-5-11;/h1-3,6-8,11,15H,4-5,9-10,19H2,(H,20,21);1H. The molecule has 130 valence electrons.